The van der Waals surface area contributed by atoms with Crippen LogP contribution >= 0.6 is 0 Å². The third-order valence-electron chi connectivity index (χ3n) is 3.68. The molecule has 0 unspecified atom stereocenters. The Hall–Kier alpha value is -1.96. The van der Waals surface area contributed by atoms with Gasteiger partial charge in [0.2, 0.25) is 0 Å². The van der Waals surface area contributed by atoms with Gasteiger partial charge in [0, 0.05) is 5.69 Å². The summed E-state index contributed by atoms with van der Waals surface area (Å²) in [5, 5.41) is 0. The highest BCUT2D eigenvalue weighted by Crippen LogP contribution is 2.25. The standard InChI is InChI=1S/C17H19NO/c18-16-7-3-4-13(10-16)12-19-17-9-8-14-5-1-2-6-15(14)11-17/h3-4,7-11H,1-2,5-6,12,18H2. The van der Waals surface area contributed by atoms with Crippen LogP contribution in [0.1, 0.15) is 29.5 Å². The molecule has 0 saturated heterocycles. The molecule has 0 atom stereocenters. The fourth-order valence-electron chi connectivity index (χ4n) is 2.65. The van der Waals surface area contributed by atoms with E-state index in [1.54, 1.807) is 0 Å². The molecule has 0 aliphatic heterocycles. The van der Waals surface area contributed by atoms with Crippen LogP contribution < -0.4 is 10.5 Å². The molecule has 2 N–H and O–H groups in total. The maximum absolute atomic E-state index is 5.86. The molecule has 0 aromatic heterocycles. The van der Waals surface area contributed by atoms with Crippen molar-refractivity contribution >= 4 is 5.69 Å². The second-order valence-corrected chi connectivity index (χ2v) is 5.17. The van der Waals surface area contributed by atoms with E-state index < -0.39 is 0 Å². The predicted molar refractivity (Wildman–Crippen MR) is 78.3 cm³/mol. The minimum absolute atomic E-state index is 0.573. The lowest BCUT2D eigenvalue weighted by molar-refractivity contribution is 0.305. The molecular weight excluding hydrogens is 234 g/mol. The highest BCUT2D eigenvalue weighted by atomic mass is 16.5. The summed E-state index contributed by atoms with van der Waals surface area (Å²) in [5.41, 5.74) is 10.6. The number of hydrogen-bond donors (Lipinski definition) is 1. The molecule has 2 aromatic rings. The lowest BCUT2D eigenvalue weighted by atomic mass is 9.92. The van der Waals surface area contributed by atoms with Crippen molar-refractivity contribution in [2.24, 2.45) is 0 Å². The van der Waals surface area contributed by atoms with Crippen LogP contribution in [0.15, 0.2) is 42.5 Å². The van der Waals surface area contributed by atoms with E-state index in [1.807, 2.05) is 24.3 Å². The number of rotatable bonds is 3. The highest BCUT2D eigenvalue weighted by molar-refractivity contribution is 5.41. The Morgan fingerprint density at radius 3 is 2.63 bits per heavy atom. The number of ether oxygens (including phenoxy) is 1. The summed E-state index contributed by atoms with van der Waals surface area (Å²) in [6, 6.07) is 14.3. The molecule has 19 heavy (non-hydrogen) atoms. The first-order valence-corrected chi connectivity index (χ1v) is 6.90. The van der Waals surface area contributed by atoms with Crippen LogP contribution in [0.2, 0.25) is 0 Å². The van der Waals surface area contributed by atoms with Gasteiger partial charge in [0.1, 0.15) is 12.4 Å². The Morgan fingerprint density at radius 2 is 1.79 bits per heavy atom. The van der Waals surface area contributed by atoms with Crippen LogP contribution in [0.5, 0.6) is 5.75 Å². The Bertz CT molecular complexity index is 577. The van der Waals surface area contributed by atoms with Gasteiger partial charge in [-0.05, 0) is 66.6 Å². The van der Waals surface area contributed by atoms with Crippen LogP contribution in [-0.2, 0) is 19.4 Å². The molecule has 2 heteroatoms. The molecule has 0 bridgehead atoms. The summed E-state index contributed by atoms with van der Waals surface area (Å²) in [6.45, 7) is 0.573. The van der Waals surface area contributed by atoms with Gasteiger partial charge in [-0.3, -0.25) is 0 Å². The maximum atomic E-state index is 5.86. The zero-order valence-electron chi connectivity index (χ0n) is 11.1. The van der Waals surface area contributed by atoms with Crippen molar-refractivity contribution < 1.29 is 4.74 Å². The molecule has 2 nitrogen and oxygen atoms in total. The molecule has 1 aliphatic rings. The maximum Gasteiger partial charge on any atom is 0.120 e. The first kappa shape index (κ1) is 12.1. The minimum atomic E-state index is 0.573. The lowest BCUT2D eigenvalue weighted by Crippen LogP contribution is -2.03. The third-order valence-corrected chi connectivity index (χ3v) is 3.68. The van der Waals surface area contributed by atoms with Gasteiger partial charge in [-0.25, -0.2) is 0 Å². The summed E-state index contributed by atoms with van der Waals surface area (Å²) in [6.07, 6.45) is 5.01. The summed E-state index contributed by atoms with van der Waals surface area (Å²) in [7, 11) is 0. The van der Waals surface area contributed by atoms with E-state index in [4.69, 9.17) is 10.5 Å². The van der Waals surface area contributed by atoms with Crippen LogP contribution in [-0.4, -0.2) is 0 Å². The van der Waals surface area contributed by atoms with E-state index in [9.17, 15) is 0 Å². The van der Waals surface area contributed by atoms with Crippen molar-refractivity contribution in [1.29, 1.82) is 0 Å². The highest BCUT2D eigenvalue weighted by Gasteiger charge is 2.09. The fourth-order valence-corrected chi connectivity index (χ4v) is 2.65. The van der Waals surface area contributed by atoms with Crippen LogP contribution in [0.4, 0.5) is 5.69 Å². The number of benzene rings is 2. The second kappa shape index (κ2) is 5.35. The lowest BCUT2D eigenvalue weighted by Gasteiger charge is -2.16. The number of fused-ring (bicyclic) bond motifs is 1. The van der Waals surface area contributed by atoms with E-state index in [-0.39, 0.29) is 0 Å². The molecule has 0 radical (unpaired) electrons. The molecule has 0 fully saturated rings. The van der Waals surface area contributed by atoms with Gasteiger partial charge in [0.25, 0.3) is 0 Å². The van der Waals surface area contributed by atoms with Gasteiger partial charge >= 0.3 is 0 Å². The van der Waals surface area contributed by atoms with Crippen molar-refractivity contribution in [1.82, 2.24) is 0 Å². The summed E-state index contributed by atoms with van der Waals surface area (Å²) >= 11 is 0. The van der Waals surface area contributed by atoms with Crippen molar-refractivity contribution in [3.8, 4) is 5.75 Å². The van der Waals surface area contributed by atoms with E-state index >= 15 is 0 Å². The average Bonchev–Trinajstić information content (AvgIpc) is 2.45. The summed E-state index contributed by atoms with van der Waals surface area (Å²) < 4.78 is 5.86. The molecule has 2 aromatic carbocycles. The fraction of sp³-hybridized carbons (Fsp3) is 0.294. The zero-order valence-corrected chi connectivity index (χ0v) is 11.1. The Labute approximate surface area is 114 Å². The molecule has 0 spiro atoms. The number of nitrogens with two attached hydrogens (primary N) is 1. The van der Waals surface area contributed by atoms with Crippen LogP contribution in [0.3, 0.4) is 0 Å². The molecule has 0 amide bonds. The predicted octanol–water partition coefficient (Wildman–Crippen LogP) is 3.73. The Morgan fingerprint density at radius 1 is 0.947 bits per heavy atom. The summed E-state index contributed by atoms with van der Waals surface area (Å²) in [5.74, 6) is 0.961. The molecule has 3 rings (SSSR count). The van der Waals surface area contributed by atoms with Crippen LogP contribution in [0, 0.1) is 0 Å². The zero-order chi connectivity index (χ0) is 13.1. The summed E-state index contributed by atoms with van der Waals surface area (Å²) in [4.78, 5) is 0. The quantitative estimate of drug-likeness (QED) is 0.846. The largest absolute Gasteiger partial charge is 0.489 e. The first-order chi connectivity index (χ1) is 9.31. The smallest absolute Gasteiger partial charge is 0.120 e. The second-order valence-electron chi connectivity index (χ2n) is 5.17. The average molecular weight is 253 g/mol. The van der Waals surface area contributed by atoms with Crippen molar-refractivity contribution in [3.05, 3.63) is 59.2 Å². The van der Waals surface area contributed by atoms with Gasteiger partial charge < -0.3 is 10.5 Å². The van der Waals surface area contributed by atoms with Crippen molar-refractivity contribution in [2.45, 2.75) is 32.3 Å². The van der Waals surface area contributed by atoms with Gasteiger partial charge in [0.15, 0.2) is 0 Å². The molecule has 0 saturated carbocycles. The number of hydrogen-bond acceptors (Lipinski definition) is 2. The van der Waals surface area contributed by atoms with Crippen molar-refractivity contribution in [2.75, 3.05) is 5.73 Å². The number of nitrogen functional groups attached to an aromatic ring is 1. The van der Waals surface area contributed by atoms with Crippen LogP contribution in [0.25, 0.3) is 0 Å². The van der Waals surface area contributed by atoms with Crippen molar-refractivity contribution in [3.63, 3.8) is 0 Å². The van der Waals surface area contributed by atoms with E-state index in [0.717, 1.165) is 17.0 Å². The topological polar surface area (TPSA) is 35.2 Å². The molecule has 0 heterocycles. The Kier molecular flexibility index (Phi) is 3.41. The van der Waals surface area contributed by atoms with E-state index in [0.29, 0.717) is 6.61 Å². The molecule has 98 valence electrons. The van der Waals surface area contributed by atoms with E-state index in [1.165, 1.54) is 36.8 Å². The first-order valence-electron chi connectivity index (χ1n) is 6.90. The van der Waals surface area contributed by atoms with E-state index in [2.05, 4.69) is 18.2 Å². The van der Waals surface area contributed by atoms with Gasteiger partial charge in [-0.15, -0.1) is 0 Å². The van der Waals surface area contributed by atoms with Gasteiger partial charge in [0.05, 0.1) is 0 Å². The third kappa shape index (κ3) is 2.90. The van der Waals surface area contributed by atoms with Gasteiger partial charge in [-0.2, -0.15) is 0 Å². The molecular formula is C17H19NO. The molecule has 1 aliphatic carbocycles. The Balaban J connectivity index is 1.70. The minimum Gasteiger partial charge on any atom is -0.489 e. The number of aryl methyl sites for hydroxylation is 2. The number of anilines is 1. The SMILES string of the molecule is Nc1cccc(COc2ccc3c(c2)CCCC3)c1. The monoisotopic (exact) mass is 253 g/mol. The normalized spacial score (nSPS) is 13.9. The van der Waals surface area contributed by atoms with Gasteiger partial charge in [-0.1, -0.05) is 18.2 Å².